The second-order valence-electron chi connectivity index (χ2n) is 14.8. The second kappa shape index (κ2) is 14.1. The van der Waals surface area contributed by atoms with Crippen molar-refractivity contribution < 1.29 is 4.42 Å². The smallest absolute Gasteiger partial charge is 0.143 e. The Morgan fingerprint density at radius 1 is 0.276 bits per heavy atom. The van der Waals surface area contributed by atoms with Crippen molar-refractivity contribution in [1.29, 1.82) is 0 Å². The lowest BCUT2D eigenvalue weighted by Crippen LogP contribution is -2.11. The normalized spacial score (nSPS) is 11.4. The fourth-order valence-corrected chi connectivity index (χ4v) is 8.73. The van der Waals surface area contributed by atoms with Crippen LogP contribution in [-0.2, 0) is 0 Å². The van der Waals surface area contributed by atoms with Gasteiger partial charge < -0.3 is 9.32 Å². The third kappa shape index (κ3) is 5.74. The van der Waals surface area contributed by atoms with Gasteiger partial charge in [0.1, 0.15) is 11.2 Å². The van der Waals surface area contributed by atoms with E-state index in [9.17, 15) is 0 Å². The average molecular weight is 740 g/mol. The summed E-state index contributed by atoms with van der Waals surface area (Å²) in [5.74, 6) is 0. The van der Waals surface area contributed by atoms with Crippen LogP contribution in [0.15, 0.2) is 229 Å². The number of nitrogens with zero attached hydrogens (tertiary/aromatic N) is 1. The van der Waals surface area contributed by atoms with Crippen LogP contribution in [0, 0.1) is 0 Å². The molecule has 11 aromatic rings. The van der Waals surface area contributed by atoms with E-state index in [1.54, 1.807) is 0 Å². The number of hydrogen-bond acceptors (Lipinski definition) is 2. The molecule has 0 aliphatic rings. The van der Waals surface area contributed by atoms with Crippen LogP contribution in [0.5, 0.6) is 0 Å². The van der Waals surface area contributed by atoms with Crippen LogP contribution < -0.4 is 4.90 Å². The van der Waals surface area contributed by atoms with E-state index in [1.807, 2.05) is 0 Å². The third-order valence-corrected chi connectivity index (χ3v) is 11.5. The minimum atomic E-state index is 0.890. The van der Waals surface area contributed by atoms with Gasteiger partial charge >= 0.3 is 0 Å². The van der Waals surface area contributed by atoms with Gasteiger partial charge in [-0.15, -0.1) is 0 Å². The SMILES string of the molecule is c1ccc(-c2ccc(N(c3ccc(-c4cccc5cccc(-c6ccccc6)c45)cc3)c3ccccc3-c3cccc4c3oc3c5ccccc5ccc43)cc2)cc1. The van der Waals surface area contributed by atoms with Crippen molar-refractivity contribution in [2.75, 3.05) is 4.90 Å². The van der Waals surface area contributed by atoms with Gasteiger partial charge in [0.25, 0.3) is 0 Å². The van der Waals surface area contributed by atoms with Crippen molar-refractivity contribution in [3.05, 3.63) is 224 Å². The molecule has 0 saturated heterocycles. The van der Waals surface area contributed by atoms with Crippen LogP contribution in [-0.4, -0.2) is 0 Å². The maximum Gasteiger partial charge on any atom is 0.143 e. The molecule has 0 aliphatic carbocycles. The summed E-state index contributed by atoms with van der Waals surface area (Å²) in [7, 11) is 0. The topological polar surface area (TPSA) is 16.4 Å². The summed E-state index contributed by atoms with van der Waals surface area (Å²) in [6.07, 6.45) is 0. The van der Waals surface area contributed by atoms with Crippen molar-refractivity contribution in [1.82, 2.24) is 0 Å². The lowest BCUT2D eigenvalue weighted by atomic mass is 9.91. The van der Waals surface area contributed by atoms with Gasteiger partial charge in [-0.2, -0.15) is 0 Å². The summed E-state index contributed by atoms with van der Waals surface area (Å²) in [5.41, 5.74) is 14.4. The molecule has 0 N–H and O–H groups in total. The first kappa shape index (κ1) is 33.6. The van der Waals surface area contributed by atoms with Crippen LogP contribution in [0.1, 0.15) is 0 Å². The maximum absolute atomic E-state index is 6.89. The Bertz CT molecular complexity index is 3250. The molecule has 0 radical (unpaired) electrons. The fourth-order valence-electron chi connectivity index (χ4n) is 8.73. The first-order chi connectivity index (χ1) is 28.8. The Balaban J connectivity index is 1.08. The molecule has 0 unspecified atom stereocenters. The van der Waals surface area contributed by atoms with Crippen molar-refractivity contribution in [2.45, 2.75) is 0 Å². The van der Waals surface area contributed by atoms with E-state index >= 15 is 0 Å². The van der Waals surface area contributed by atoms with Gasteiger partial charge in [0.2, 0.25) is 0 Å². The summed E-state index contributed by atoms with van der Waals surface area (Å²) in [4.78, 5) is 2.38. The first-order valence-electron chi connectivity index (χ1n) is 19.8. The molecule has 0 saturated carbocycles. The molecule has 0 aliphatic heterocycles. The largest absolute Gasteiger partial charge is 0.455 e. The van der Waals surface area contributed by atoms with E-state index in [0.717, 1.165) is 55.5 Å². The molecule has 10 aromatic carbocycles. The minimum absolute atomic E-state index is 0.890. The van der Waals surface area contributed by atoms with Gasteiger partial charge in [-0.05, 0) is 85.9 Å². The quantitative estimate of drug-likeness (QED) is 0.162. The molecular formula is C56H37NO. The van der Waals surface area contributed by atoms with Gasteiger partial charge in [0.05, 0.1) is 5.69 Å². The number of benzene rings is 10. The molecular weight excluding hydrogens is 703 g/mol. The summed E-state index contributed by atoms with van der Waals surface area (Å²) < 4.78 is 6.89. The monoisotopic (exact) mass is 739 g/mol. The molecule has 0 bridgehead atoms. The van der Waals surface area contributed by atoms with Crippen LogP contribution in [0.3, 0.4) is 0 Å². The van der Waals surface area contributed by atoms with Crippen LogP contribution in [0.25, 0.3) is 88.0 Å². The van der Waals surface area contributed by atoms with Gasteiger partial charge in [-0.25, -0.2) is 0 Å². The van der Waals surface area contributed by atoms with Gasteiger partial charge in [-0.1, -0.05) is 188 Å². The summed E-state index contributed by atoms with van der Waals surface area (Å²) in [6, 6.07) is 80.5. The number of furan rings is 1. The molecule has 1 aromatic heterocycles. The summed E-state index contributed by atoms with van der Waals surface area (Å²) in [5, 5.41) is 7.02. The molecule has 0 fully saturated rings. The number of para-hydroxylation sites is 2. The number of hydrogen-bond donors (Lipinski definition) is 0. The lowest BCUT2D eigenvalue weighted by molar-refractivity contribution is 0.674. The van der Waals surface area contributed by atoms with Gasteiger partial charge in [-0.3, -0.25) is 0 Å². The van der Waals surface area contributed by atoms with E-state index in [2.05, 4.69) is 229 Å². The molecule has 11 rings (SSSR count). The predicted molar refractivity (Wildman–Crippen MR) is 245 cm³/mol. The van der Waals surface area contributed by atoms with Crippen LogP contribution in [0.2, 0.25) is 0 Å². The minimum Gasteiger partial charge on any atom is -0.455 e. The van der Waals surface area contributed by atoms with E-state index in [4.69, 9.17) is 4.42 Å². The molecule has 2 nitrogen and oxygen atoms in total. The third-order valence-electron chi connectivity index (χ3n) is 11.5. The summed E-state index contributed by atoms with van der Waals surface area (Å²) in [6.45, 7) is 0. The Kier molecular flexibility index (Phi) is 8.19. The Morgan fingerprint density at radius 3 is 1.48 bits per heavy atom. The van der Waals surface area contributed by atoms with Crippen molar-refractivity contribution >= 4 is 60.5 Å². The first-order valence-corrected chi connectivity index (χ1v) is 19.8. The molecule has 58 heavy (non-hydrogen) atoms. The fraction of sp³-hybridized carbons (Fsp3) is 0. The molecule has 2 heteroatoms. The van der Waals surface area contributed by atoms with Crippen LogP contribution >= 0.6 is 0 Å². The zero-order valence-corrected chi connectivity index (χ0v) is 31.7. The second-order valence-corrected chi connectivity index (χ2v) is 14.8. The van der Waals surface area contributed by atoms with Crippen LogP contribution in [0.4, 0.5) is 17.1 Å². The standard InChI is InChI=1S/C56H37NO/c1-3-14-38(15-4-1)39-28-33-44(34-29-39)57(45-35-30-42(31-36-45)47-24-12-20-43-19-11-23-46(54(43)47)40-16-5-2-6-17-40)53-27-10-9-22-49(53)50-25-13-26-51-52-37-32-41-18-7-8-21-48(41)55(52)58-56(50)51/h1-37H. The lowest BCUT2D eigenvalue weighted by Gasteiger charge is -2.28. The van der Waals surface area contributed by atoms with E-state index in [1.165, 1.54) is 49.5 Å². The Hall–Kier alpha value is -7.68. The van der Waals surface area contributed by atoms with E-state index < -0.39 is 0 Å². The highest BCUT2D eigenvalue weighted by atomic mass is 16.3. The zero-order valence-electron chi connectivity index (χ0n) is 31.7. The maximum atomic E-state index is 6.89. The number of fused-ring (bicyclic) bond motifs is 6. The highest BCUT2D eigenvalue weighted by Crippen LogP contribution is 2.46. The Labute approximate surface area is 337 Å². The number of anilines is 3. The van der Waals surface area contributed by atoms with E-state index in [-0.39, 0.29) is 0 Å². The molecule has 0 spiro atoms. The summed E-state index contributed by atoms with van der Waals surface area (Å²) >= 11 is 0. The molecule has 272 valence electrons. The van der Waals surface area contributed by atoms with Gasteiger partial charge in [0, 0.05) is 38.7 Å². The number of rotatable bonds is 7. The highest BCUT2D eigenvalue weighted by molar-refractivity contribution is 6.17. The van der Waals surface area contributed by atoms with Crippen molar-refractivity contribution in [3.63, 3.8) is 0 Å². The average Bonchev–Trinajstić information content (AvgIpc) is 3.70. The van der Waals surface area contributed by atoms with Gasteiger partial charge in [0.15, 0.2) is 0 Å². The predicted octanol–water partition coefficient (Wildman–Crippen LogP) is 16.0. The highest BCUT2D eigenvalue weighted by Gasteiger charge is 2.21. The Morgan fingerprint density at radius 2 is 0.759 bits per heavy atom. The molecule has 0 atom stereocenters. The molecule has 1 heterocycles. The zero-order chi connectivity index (χ0) is 38.4. The van der Waals surface area contributed by atoms with Crippen molar-refractivity contribution in [3.8, 4) is 44.5 Å². The van der Waals surface area contributed by atoms with E-state index in [0.29, 0.717) is 0 Å². The van der Waals surface area contributed by atoms with Crippen molar-refractivity contribution in [2.24, 2.45) is 0 Å². The molecule has 0 amide bonds.